The van der Waals surface area contributed by atoms with E-state index in [0.717, 1.165) is 17.8 Å². The number of halogens is 3. The predicted octanol–water partition coefficient (Wildman–Crippen LogP) is 3.78. The molecule has 1 N–H and O–H groups in total. The van der Waals surface area contributed by atoms with Crippen LogP contribution in [0.2, 0.25) is 0 Å². The van der Waals surface area contributed by atoms with Gasteiger partial charge in [0.25, 0.3) is 5.91 Å². The van der Waals surface area contributed by atoms with Crippen molar-refractivity contribution >= 4 is 12.1 Å². The van der Waals surface area contributed by atoms with Crippen LogP contribution in [0, 0.1) is 6.92 Å². The number of hydrogen-bond donors (Lipinski definition) is 1. The Balaban J connectivity index is 2.14. The number of nitrogens with one attached hydrogen (secondary N) is 1. The molecule has 22 heavy (non-hydrogen) atoms. The predicted molar refractivity (Wildman–Crippen MR) is 77.7 cm³/mol. The van der Waals surface area contributed by atoms with Crippen molar-refractivity contribution < 1.29 is 18.0 Å². The first-order chi connectivity index (χ1) is 10.4. The molecule has 0 fully saturated rings. The molecule has 0 heterocycles. The molecule has 6 heteroatoms. The largest absolute Gasteiger partial charge is 0.417 e. The number of benzene rings is 2. The number of carbonyl (C=O) groups is 1. The fraction of sp³-hybridized carbons (Fsp3) is 0.125. The molecule has 0 aromatic heterocycles. The lowest BCUT2D eigenvalue weighted by molar-refractivity contribution is -0.137. The summed E-state index contributed by atoms with van der Waals surface area (Å²) in [5, 5.41) is 3.61. The van der Waals surface area contributed by atoms with E-state index in [9.17, 15) is 18.0 Å². The molecule has 0 bridgehead atoms. The van der Waals surface area contributed by atoms with Crippen LogP contribution in [0.3, 0.4) is 0 Å². The molecule has 0 unspecified atom stereocenters. The second-order valence-electron chi connectivity index (χ2n) is 4.60. The number of aryl methyl sites for hydroxylation is 1. The van der Waals surface area contributed by atoms with E-state index >= 15 is 0 Å². The number of hydrazone groups is 1. The molecule has 0 atom stereocenters. The van der Waals surface area contributed by atoms with Crippen LogP contribution < -0.4 is 5.43 Å². The van der Waals surface area contributed by atoms with Crippen LogP contribution >= 0.6 is 0 Å². The average Bonchev–Trinajstić information content (AvgIpc) is 2.47. The Morgan fingerprint density at radius 1 is 1.09 bits per heavy atom. The quantitative estimate of drug-likeness (QED) is 0.680. The third-order valence-corrected chi connectivity index (χ3v) is 3.03. The SMILES string of the molecule is Cc1ccccc1C(=O)N/N=C/c1ccccc1C(F)(F)F. The van der Waals surface area contributed by atoms with Gasteiger partial charge in [0, 0.05) is 11.1 Å². The molecule has 114 valence electrons. The van der Waals surface area contributed by atoms with E-state index in [1.54, 1.807) is 31.2 Å². The maximum Gasteiger partial charge on any atom is 0.417 e. The molecule has 0 aliphatic carbocycles. The van der Waals surface area contributed by atoms with Crippen molar-refractivity contribution in [3.63, 3.8) is 0 Å². The van der Waals surface area contributed by atoms with Gasteiger partial charge in [0.05, 0.1) is 11.8 Å². The van der Waals surface area contributed by atoms with Crippen molar-refractivity contribution in [2.45, 2.75) is 13.1 Å². The maximum atomic E-state index is 12.8. The highest BCUT2D eigenvalue weighted by molar-refractivity contribution is 5.96. The van der Waals surface area contributed by atoms with Crippen molar-refractivity contribution in [1.29, 1.82) is 0 Å². The molecule has 0 spiro atoms. The Hall–Kier alpha value is -2.63. The van der Waals surface area contributed by atoms with E-state index in [1.807, 2.05) is 0 Å². The Kier molecular flexibility index (Phi) is 4.60. The van der Waals surface area contributed by atoms with Gasteiger partial charge in [0.2, 0.25) is 0 Å². The van der Waals surface area contributed by atoms with Crippen LogP contribution in [-0.4, -0.2) is 12.1 Å². The Morgan fingerprint density at radius 2 is 1.73 bits per heavy atom. The lowest BCUT2D eigenvalue weighted by atomic mass is 10.1. The first-order valence-electron chi connectivity index (χ1n) is 6.45. The second-order valence-corrected chi connectivity index (χ2v) is 4.60. The minimum atomic E-state index is -4.47. The molecular formula is C16H13F3N2O. The summed E-state index contributed by atoms with van der Waals surface area (Å²) in [6.45, 7) is 1.76. The summed E-state index contributed by atoms with van der Waals surface area (Å²) in [6, 6.07) is 11.9. The zero-order valence-electron chi connectivity index (χ0n) is 11.7. The fourth-order valence-corrected chi connectivity index (χ4v) is 1.92. The lowest BCUT2D eigenvalue weighted by Crippen LogP contribution is -2.19. The lowest BCUT2D eigenvalue weighted by Gasteiger charge is -2.09. The second kappa shape index (κ2) is 6.43. The molecular weight excluding hydrogens is 293 g/mol. The van der Waals surface area contributed by atoms with Gasteiger partial charge in [-0.1, -0.05) is 36.4 Å². The van der Waals surface area contributed by atoms with Crippen molar-refractivity contribution in [3.05, 3.63) is 70.8 Å². The van der Waals surface area contributed by atoms with Crippen LogP contribution in [0.25, 0.3) is 0 Å². The number of hydrogen-bond acceptors (Lipinski definition) is 2. The molecule has 0 saturated carbocycles. The van der Waals surface area contributed by atoms with Gasteiger partial charge in [-0.15, -0.1) is 0 Å². The van der Waals surface area contributed by atoms with Gasteiger partial charge >= 0.3 is 6.18 Å². The summed E-state index contributed by atoms with van der Waals surface area (Å²) >= 11 is 0. The smallest absolute Gasteiger partial charge is 0.267 e. The number of amides is 1. The molecule has 0 aliphatic rings. The normalized spacial score (nSPS) is 11.6. The highest BCUT2D eigenvalue weighted by atomic mass is 19.4. The molecule has 1 amide bonds. The van der Waals surface area contributed by atoms with Gasteiger partial charge in [-0.25, -0.2) is 5.43 Å². The standard InChI is InChI=1S/C16H13F3N2O/c1-11-6-2-4-8-13(11)15(22)21-20-10-12-7-3-5-9-14(12)16(17,18)19/h2-10H,1H3,(H,21,22)/b20-10+. The Bertz CT molecular complexity index is 709. The molecule has 2 aromatic carbocycles. The molecule has 0 aliphatic heterocycles. The Morgan fingerprint density at radius 3 is 2.41 bits per heavy atom. The summed E-state index contributed by atoms with van der Waals surface area (Å²) in [6.07, 6.45) is -3.48. The van der Waals surface area contributed by atoms with Gasteiger partial charge < -0.3 is 0 Å². The summed E-state index contributed by atoms with van der Waals surface area (Å²) in [5.41, 5.74) is 2.49. The third kappa shape index (κ3) is 3.72. The van der Waals surface area contributed by atoms with Crippen LogP contribution in [0.5, 0.6) is 0 Å². The van der Waals surface area contributed by atoms with Gasteiger partial charge in [-0.2, -0.15) is 18.3 Å². The molecule has 0 saturated heterocycles. The molecule has 3 nitrogen and oxygen atoms in total. The van der Waals surface area contributed by atoms with Crippen molar-refractivity contribution in [1.82, 2.24) is 5.43 Å². The van der Waals surface area contributed by atoms with Gasteiger partial charge in [0.15, 0.2) is 0 Å². The highest BCUT2D eigenvalue weighted by Gasteiger charge is 2.32. The number of rotatable bonds is 3. The minimum Gasteiger partial charge on any atom is -0.267 e. The van der Waals surface area contributed by atoms with Crippen molar-refractivity contribution in [2.24, 2.45) is 5.10 Å². The van der Waals surface area contributed by atoms with E-state index in [-0.39, 0.29) is 5.56 Å². The minimum absolute atomic E-state index is 0.111. The fourth-order valence-electron chi connectivity index (χ4n) is 1.92. The first kappa shape index (κ1) is 15.8. The highest BCUT2D eigenvalue weighted by Crippen LogP contribution is 2.30. The molecule has 0 radical (unpaired) electrons. The van der Waals surface area contributed by atoms with Crippen LogP contribution in [0.15, 0.2) is 53.6 Å². The monoisotopic (exact) mass is 306 g/mol. The molecule has 2 rings (SSSR count). The van der Waals surface area contributed by atoms with Crippen LogP contribution in [0.1, 0.15) is 27.0 Å². The van der Waals surface area contributed by atoms with E-state index in [2.05, 4.69) is 10.5 Å². The van der Waals surface area contributed by atoms with E-state index in [4.69, 9.17) is 0 Å². The summed E-state index contributed by atoms with van der Waals surface area (Å²) in [7, 11) is 0. The van der Waals surface area contributed by atoms with Crippen LogP contribution in [-0.2, 0) is 6.18 Å². The number of alkyl halides is 3. The zero-order chi connectivity index (χ0) is 16.2. The van der Waals surface area contributed by atoms with Crippen molar-refractivity contribution in [2.75, 3.05) is 0 Å². The third-order valence-electron chi connectivity index (χ3n) is 3.03. The summed E-state index contributed by atoms with van der Waals surface area (Å²) < 4.78 is 38.4. The van der Waals surface area contributed by atoms with Crippen LogP contribution in [0.4, 0.5) is 13.2 Å². The van der Waals surface area contributed by atoms with E-state index in [0.29, 0.717) is 5.56 Å². The number of nitrogens with zero attached hydrogens (tertiary/aromatic N) is 1. The topological polar surface area (TPSA) is 41.5 Å². The average molecular weight is 306 g/mol. The summed E-state index contributed by atoms with van der Waals surface area (Å²) in [4.78, 5) is 11.9. The van der Waals surface area contributed by atoms with Gasteiger partial charge in [-0.3, -0.25) is 4.79 Å². The van der Waals surface area contributed by atoms with E-state index < -0.39 is 17.6 Å². The first-order valence-corrected chi connectivity index (χ1v) is 6.45. The van der Waals surface area contributed by atoms with Gasteiger partial charge in [-0.05, 0) is 24.6 Å². The molecule has 2 aromatic rings. The number of carbonyl (C=O) groups excluding carboxylic acids is 1. The zero-order valence-corrected chi connectivity index (χ0v) is 11.7. The van der Waals surface area contributed by atoms with Gasteiger partial charge in [0.1, 0.15) is 0 Å². The van der Waals surface area contributed by atoms with Crippen molar-refractivity contribution in [3.8, 4) is 0 Å². The Labute approximate surface area is 125 Å². The summed E-state index contributed by atoms with van der Waals surface area (Å²) in [5.74, 6) is -0.473. The van der Waals surface area contributed by atoms with E-state index in [1.165, 1.54) is 18.2 Å². The maximum absolute atomic E-state index is 12.8.